The van der Waals surface area contributed by atoms with E-state index >= 15 is 0 Å². The Morgan fingerprint density at radius 3 is 2.75 bits per heavy atom. The second-order valence-corrected chi connectivity index (χ2v) is 4.39. The lowest BCUT2D eigenvalue weighted by molar-refractivity contribution is -0.0532. The predicted octanol–water partition coefficient (Wildman–Crippen LogP) is 1.45. The van der Waals surface area contributed by atoms with E-state index in [1.807, 2.05) is 0 Å². The molecule has 2 aliphatic rings. The third kappa shape index (κ3) is 1.93. The summed E-state index contributed by atoms with van der Waals surface area (Å²) in [6, 6.07) is 0.263. The predicted molar refractivity (Wildman–Crippen MR) is 51.4 cm³/mol. The van der Waals surface area contributed by atoms with Gasteiger partial charge in [-0.15, -0.1) is 12.4 Å². The van der Waals surface area contributed by atoms with Gasteiger partial charge in [-0.3, -0.25) is 0 Å². The normalized spacial score (nSPS) is 46.5. The Balaban J connectivity index is 0.000000720. The first-order valence-electron chi connectivity index (χ1n) is 4.66. The van der Waals surface area contributed by atoms with Crippen molar-refractivity contribution >= 4 is 12.4 Å². The maximum absolute atomic E-state index is 9.99. The summed E-state index contributed by atoms with van der Waals surface area (Å²) in [5, 5.41) is 9.99. The van der Waals surface area contributed by atoms with Gasteiger partial charge in [-0.25, -0.2) is 0 Å². The number of hydrogen-bond acceptors (Lipinski definition) is 2. The molecule has 2 fully saturated rings. The van der Waals surface area contributed by atoms with Crippen LogP contribution < -0.4 is 5.73 Å². The van der Waals surface area contributed by atoms with Crippen LogP contribution in [0.1, 0.15) is 38.5 Å². The Labute approximate surface area is 79.9 Å². The number of nitrogens with two attached hydrogens (primary N) is 1. The van der Waals surface area contributed by atoms with E-state index in [9.17, 15) is 5.11 Å². The maximum Gasteiger partial charge on any atom is 0.0665 e. The van der Waals surface area contributed by atoms with E-state index in [4.69, 9.17) is 5.73 Å². The van der Waals surface area contributed by atoms with E-state index in [1.165, 1.54) is 12.8 Å². The van der Waals surface area contributed by atoms with Crippen molar-refractivity contribution in [2.24, 2.45) is 11.7 Å². The molecule has 3 N–H and O–H groups in total. The Morgan fingerprint density at radius 1 is 1.33 bits per heavy atom. The van der Waals surface area contributed by atoms with E-state index in [0.717, 1.165) is 31.6 Å². The second-order valence-electron chi connectivity index (χ2n) is 4.39. The molecule has 0 aliphatic heterocycles. The van der Waals surface area contributed by atoms with Crippen molar-refractivity contribution in [2.45, 2.75) is 50.2 Å². The largest absolute Gasteiger partial charge is 0.390 e. The van der Waals surface area contributed by atoms with Crippen molar-refractivity contribution < 1.29 is 5.11 Å². The van der Waals surface area contributed by atoms with E-state index in [2.05, 4.69) is 0 Å². The minimum atomic E-state index is -0.374. The van der Waals surface area contributed by atoms with Crippen LogP contribution in [0.25, 0.3) is 0 Å². The zero-order valence-corrected chi connectivity index (χ0v) is 8.15. The van der Waals surface area contributed by atoms with Crippen molar-refractivity contribution in [3.63, 3.8) is 0 Å². The first-order chi connectivity index (χ1) is 5.18. The summed E-state index contributed by atoms with van der Waals surface area (Å²) in [7, 11) is 0. The highest BCUT2D eigenvalue weighted by Gasteiger charge is 2.40. The molecule has 0 spiro atoms. The van der Waals surface area contributed by atoms with Crippen molar-refractivity contribution in [1.29, 1.82) is 0 Å². The standard InChI is InChI=1S/C9H17NO.ClH/c10-8-4-7-2-1-3-9(11,5-7)6-8;/h7-8,11H,1-6,10H2;1H. The average molecular weight is 192 g/mol. The van der Waals surface area contributed by atoms with Crippen molar-refractivity contribution in [2.75, 3.05) is 0 Å². The van der Waals surface area contributed by atoms with Crippen LogP contribution in [0.5, 0.6) is 0 Å². The minimum Gasteiger partial charge on any atom is -0.390 e. The Morgan fingerprint density at radius 2 is 2.08 bits per heavy atom. The number of halogens is 1. The fourth-order valence-corrected chi connectivity index (χ4v) is 2.85. The zero-order valence-electron chi connectivity index (χ0n) is 7.33. The van der Waals surface area contributed by atoms with Gasteiger partial charge < -0.3 is 10.8 Å². The molecule has 2 nitrogen and oxygen atoms in total. The van der Waals surface area contributed by atoms with Crippen LogP contribution in [0.15, 0.2) is 0 Å². The molecule has 2 bridgehead atoms. The molecular formula is C9H18ClNO. The molecule has 12 heavy (non-hydrogen) atoms. The molecule has 2 rings (SSSR count). The molecule has 0 aromatic heterocycles. The van der Waals surface area contributed by atoms with Gasteiger partial charge in [0.25, 0.3) is 0 Å². The molecule has 0 radical (unpaired) electrons. The van der Waals surface area contributed by atoms with Crippen molar-refractivity contribution in [1.82, 2.24) is 0 Å². The highest BCUT2D eigenvalue weighted by atomic mass is 35.5. The molecule has 72 valence electrons. The third-order valence-electron chi connectivity index (χ3n) is 3.20. The monoisotopic (exact) mass is 191 g/mol. The van der Waals surface area contributed by atoms with E-state index in [-0.39, 0.29) is 24.0 Å². The van der Waals surface area contributed by atoms with Gasteiger partial charge in [-0.05, 0) is 31.6 Å². The van der Waals surface area contributed by atoms with Crippen LogP contribution in [-0.4, -0.2) is 16.7 Å². The lowest BCUT2D eigenvalue weighted by Gasteiger charge is -2.44. The lowest BCUT2D eigenvalue weighted by atomic mass is 9.68. The van der Waals surface area contributed by atoms with Gasteiger partial charge in [0.05, 0.1) is 5.60 Å². The first kappa shape index (κ1) is 10.3. The highest BCUT2D eigenvalue weighted by Crippen LogP contribution is 2.41. The fourth-order valence-electron chi connectivity index (χ4n) is 2.85. The number of fused-ring (bicyclic) bond motifs is 2. The Bertz CT molecular complexity index is 161. The summed E-state index contributed by atoms with van der Waals surface area (Å²) >= 11 is 0. The molecule has 0 aromatic rings. The number of aliphatic hydroxyl groups is 1. The topological polar surface area (TPSA) is 46.2 Å². The molecule has 0 heterocycles. The Kier molecular flexibility index (Phi) is 3.02. The average Bonchev–Trinajstić information content (AvgIpc) is 1.82. The van der Waals surface area contributed by atoms with Gasteiger partial charge >= 0.3 is 0 Å². The molecule has 3 heteroatoms. The molecule has 2 aliphatic carbocycles. The van der Waals surface area contributed by atoms with Gasteiger partial charge in [-0.2, -0.15) is 0 Å². The minimum absolute atomic E-state index is 0. The summed E-state index contributed by atoms with van der Waals surface area (Å²) in [5.74, 6) is 0.720. The first-order valence-corrected chi connectivity index (χ1v) is 4.66. The molecule has 3 unspecified atom stereocenters. The lowest BCUT2D eigenvalue weighted by Crippen LogP contribution is -2.47. The SMILES string of the molecule is Cl.NC1CC2CCCC(O)(C1)C2. The molecule has 0 aromatic carbocycles. The number of rotatable bonds is 0. The van der Waals surface area contributed by atoms with Gasteiger partial charge in [-0.1, -0.05) is 12.8 Å². The van der Waals surface area contributed by atoms with Gasteiger partial charge in [0.2, 0.25) is 0 Å². The summed E-state index contributed by atoms with van der Waals surface area (Å²) < 4.78 is 0. The second kappa shape index (κ2) is 3.52. The molecule has 0 saturated heterocycles. The quantitative estimate of drug-likeness (QED) is 0.609. The third-order valence-corrected chi connectivity index (χ3v) is 3.20. The molecular weight excluding hydrogens is 174 g/mol. The Hall–Kier alpha value is 0.210. The summed E-state index contributed by atoms with van der Waals surface area (Å²) in [4.78, 5) is 0. The zero-order chi connectivity index (χ0) is 7.90. The van der Waals surface area contributed by atoms with E-state index in [0.29, 0.717) is 0 Å². The van der Waals surface area contributed by atoms with Crippen LogP contribution in [0.4, 0.5) is 0 Å². The van der Waals surface area contributed by atoms with Crippen LogP contribution in [-0.2, 0) is 0 Å². The molecule has 2 saturated carbocycles. The number of hydrogen-bond donors (Lipinski definition) is 2. The smallest absolute Gasteiger partial charge is 0.0665 e. The van der Waals surface area contributed by atoms with Crippen LogP contribution in [0.3, 0.4) is 0 Å². The van der Waals surface area contributed by atoms with Crippen molar-refractivity contribution in [3.05, 3.63) is 0 Å². The van der Waals surface area contributed by atoms with Gasteiger partial charge in [0.15, 0.2) is 0 Å². The van der Waals surface area contributed by atoms with Gasteiger partial charge in [0, 0.05) is 6.04 Å². The molecule has 0 amide bonds. The van der Waals surface area contributed by atoms with Crippen LogP contribution in [0, 0.1) is 5.92 Å². The van der Waals surface area contributed by atoms with Crippen LogP contribution in [0.2, 0.25) is 0 Å². The maximum atomic E-state index is 9.99. The summed E-state index contributed by atoms with van der Waals surface area (Å²) in [6.45, 7) is 0. The van der Waals surface area contributed by atoms with E-state index in [1.54, 1.807) is 0 Å². The highest BCUT2D eigenvalue weighted by molar-refractivity contribution is 5.85. The van der Waals surface area contributed by atoms with Crippen molar-refractivity contribution in [3.8, 4) is 0 Å². The fraction of sp³-hybridized carbons (Fsp3) is 1.00. The van der Waals surface area contributed by atoms with E-state index < -0.39 is 0 Å². The van der Waals surface area contributed by atoms with Gasteiger partial charge in [0.1, 0.15) is 0 Å². The summed E-state index contributed by atoms with van der Waals surface area (Å²) in [6.07, 6.45) is 6.47. The summed E-state index contributed by atoms with van der Waals surface area (Å²) in [5.41, 5.74) is 5.48. The van der Waals surface area contributed by atoms with Crippen LogP contribution >= 0.6 is 12.4 Å². The molecule has 3 atom stereocenters.